The molecular weight excluding hydrogens is 224 g/mol. The van der Waals surface area contributed by atoms with Crippen LogP contribution in [-0.4, -0.2) is 22.0 Å². The third kappa shape index (κ3) is 1.88. The van der Waals surface area contributed by atoms with E-state index in [0.717, 1.165) is 22.2 Å². The standard InChI is InChI=1S/C14H12N4/c1-15-14-17-8-6-13(18-14)11-4-5-12-10(9-11)3-2-7-16-12/h2-9H,1H3,(H,15,17,18). The molecule has 1 aromatic carbocycles. The van der Waals surface area contributed by atoms with Crippen molar-refractivity contribution in [2.45, 2.75) is 0 Å². The molecule has 0 saturated carbocycles. The van der Waals surface area contributed by atoms with E-state index in [4.69, 9.17) is 0 Å². The highest BCUT2D eigenvalue weighted by molar-refractivity contribution is 5.83. The van der Waals surface area contributed by atoms with Crippen LogP contribution in [0, 0.1) is 0 Å². The molecule has 4 nitrogen and oxygen atoms in total. The average molecular weight is 236 g/mol. The average Bonchev–Trinajstić information content (AvgIpc) is 2.47. The van der Waals surface area contributed by atoms with Gasteiger partial charge in [-0.15, -0.1) is 0 Å². The predicted octanol–water partition coefficient (Wildman–Crippen LogP) is 2.73. The van der Waals surface area contributed by atoms with Crippen molar-refractivity contribution >= 4 is 16.9 Å². The van der Waals surface area contributed by atoms with Crippen molar-refractivity contribution in [3.63, 3.8) is 0 Å². The fourth-order valence-electron chi connectivity index (χ4n) is 1.87. The topological polar surface area (TPSA) is 50.7 Å². The minimum absolute atomic E-state index is 0.624. The first kappa shape index (κ1) is 10.7. The zero-order chi connectivity index (χ0) is 12.4. The van der Waals surface area contributed by atoms with Gasteiger partial charge in [0.15, 0.2) is 0 Å². The van der Waals surface area contributed by atoms with E-state index in [1.165, 1.54) is 0 Å². The summed E-state index contributed by atoms with van der Waals surface area (Å²) in [7, 11) is 1.81. The number of hydrogen-bond donors (Lipinski definition) is 1. The highest BCUT2D eigenvalue weighted by Crippen LogP contribution is 2.22. The molecule has 1 N–H and O–H groups in total. The van der Waals surface area contributed by atoms with Crippen LogP contribution < -0.4 is 5.32 Å². The lowest BCUT2D eigenvalue weighted by atomic mass is 10.1. The van der Waals surface area contributed by atoms with Crippen LogP contribution in [0.3, 0.4) is 0 Å². The fraction of sp³-hybridized carbons (Fsp3) is 0.0714. The number of rotatable bonds is 2. The summed E-state index contributed by atoms with van der Waals surface area (Å²) in [6.07, 6.45) is 3.55. The van der Waals surface area contributed by atoms with E-state index in [1.807, 2.05) is 37.4 Å². The molecule has 0 fully saturated rings. The van der Waals surface area contributed by atoms with Gasteiger partial charge in [0.1, 0.15) is 0 Å². The Morgan fingerprint density at radius 3 is 2.83 bits per heavy atom. The SMILES string of the molecule is CNc1nccc(-c2ccc3ncccc3c2)n1. The molecule has 0 bridgehead atoms. The van der Waals surface area contributed by atoms with E-state index in [1.54, 1.807) is 12.4 Å². The first-order valence-electron chi connectivity index (χ1n) is 5.73. The van der Waals surface area contributed by atoms with Crippen LogP contribution in [-0.2, 0) is 0 Å². The molecule has 0 aliphatic carbocycles. The molecule has 0 atom stereocenters. The van der Waals surface area contributed by atoms with Crippen molar-refractivity contribution in [1.82, 2.24) is 15.0 Å². The number of anilines is 1. The van der Waals surface area contributed by atoms with Gasteiger partial charge in [0.2, 0.25) is 5.95 Å². The number of hydrogen-bond acceptors (Lipinski definition) is 4. The van der Waals surface area contributed by atoms with Crippen LogP contribution >= 0.6 is 0 Å². The zero-order valence-electron chi connectivity index (χ0n) is 9.96. The van der Waals surface area contributed by atoms with Gasteiger partial charge in [-0.05, 0) is 24.3 Å². The molecule has 4 heteroatoms. The van der Waals surface area contributed by atoms with Gasteiger partial charge in [0.25, 0.3) is 0 Å². The smallest absolute Gasteiger partial charge is 0.222 e. The van der Waals surface area contributed by atoms with Gasteiger partial charge in [-0.25, -0.2) is 9.97 Å². The van der Waals surface area contributed by atoms with E-state index >= 15 is 0 Å². The number of nitrogens with zero attached hydrogens (tertiary/aromatic N) is 3. The van der Waals surface area contributed by atoms with Gasteiger partial charge < -0.3 is 5.32 Å². The Hall–Kier alpha value is -2.49. The van der Waals surface area contributed by atoms with E-state index < -0.39 is 0 Å². The molecule has 0 spiro atoms. The zero-order valence-corrected chi connectivity index (χ0v) is 9.96. The summed E-state index contributed by atoms with van der Waals surface area (Å²) >= 11 is 0. The molecule has 88 valence electrons. The van der Waals surface area contributed by atoms with Gasteiger partial charge >= 0.3 is 0 Å². The highest BCUT2D eigenvalue weighted by atomic mass is 15.1. The number of aromatic nitrogens is 3. The van der Waals surface area contributed by atoms with E-state index in [0.29, 0.717) is 5.95 Å². The van der Waals surface area contributed by atoms with Gasteiger partial charge in [0.05, 0.1) is 11.2 Å². The van der Waals surface area contributed by atoms with Crippen molar-refractivity contribution in [1.29, 1.82) is 0 Å². The summed E-state index contributed by atoms with van der Waals surface area (Å²) in [5.41, 5.74) is 2.96. The van der Waals surface area contributed by atoms with Crippen LogP contribution in [0.2, 0.25) is 0 Å². The quantitative estimate of drug-likeness (QED) is 0.743. The second-order valence-electron chi connectivity index (χ2n) is 3.93. The maximum absolute atomic E-state index is 4.43. The van der Waals surface area contributed by atoms with Crippen LogP contribution in [0.4, 0.5) is 5.95 Å². The van der Waals surface area contributed by atoms with E-state index in [-0.39, 0.29) is 0 Å². The lowest BCUT2D eigenvalue weighted by molar-refractivity contribution is 1.15. The molecule has 0 radical (unpaired) electrons. The molecule has 0 aliphatic heterocycles. The number of fused-ring (bicyclic) bond motifs is 1. The van der Waals surface area contributed by atoms with Crippen molar-refractivity contribution < 1.29 is 0 Å². The first-order chi connectivity index (χ1) is 8.86. The summed E-state index contributed by atoms with van der Waals surface area (Å²) in [4.78, 5) is 12.8. The minimum atomic E-state index is 0.624. The Morgan fingerprint density at radius 1 is 1.00 bits per heavy atom. The fourth-order valence-corrected chi connectivity index (χ4v) is 1.87. The van der Waals surface area contributed by atoms with Crippen LogP contribution in [0.5, 0.6) is 0 Å². The summed E-state index contributed by atoms with van der Waals surface area (Å²) in [6.45, 7) is 0. The monoisotopic (exact) mass is 236 g/mol. The van der Waals surface area contributed by atoms with Crippen molar-refractivity contribution in [2.75, 3.05) is 12.4 Å². The highest BCUT2D eigenvalue weighted by Gasteiger charge is 2.02. The summed E-state index contributed by atoms with van der Waals surface area (Å²) in [5, 5.41) is 4.05. The van der Waals surface area contributed by atoms with Crippen LogP contribution in [0.25, 0.3) is 22.2 Å². The lowest BCUT2D eigenvalue weighted by Gasteiger charge is -2.04. The first-order valence-corrected chi connectivity index (χ1v) is 5.73. The summed E-state index contributed by atoms with van der Waals surface area (Å²) in [5.74, 6) is 0.624. The van der Waals surface area contributed by atoms with E-state index in [2.05, 4.69) is 26.3 Å². The Labute approximate surface area is 105 Å². The molecule has 2 aromatic heterocycles. The predicted molar refractivity (Wildman–Crippen MR) is 72.3 cm³/mol. The van der Waals surface area contributed by atoms with Gasteiger partial charge in [0, 0.05) is 30.4 Å². The molecule has 2 heterocycles. The minimum Gasteiger partial charge on any atom is -0.357 e. The van der Waals surface area contributed by atoms with Crippen molar-refractivity contribution in [3.8, 4) is 11.3 Å². The summed E-state index contributed by atoms with van der Waals surface area (Å²) < 4.78 is 0. The largest absolute Gasteiger partial charge is 0.357 e. The van der Waals surface area contributed by atoms with Crippen molar-refractivity contribution in [2.24, 2.45) is 0 Å². The maximum atomic E-state index is 4.43. The maximum Gasteiger partial charge on any atom is 0.222 e. The number of nitrogens with one attached hydrogen (secondary N) is 1. The Kier molecular flexibility index (Phi) is 2.61. The van der Waals surface area contributed by atoms with Crippen molar-refractivity contribution in [3.05, 3.63) is 48.8 Å². The lowest BCUT2D eigenvalue weighted by Crippen LogP contribution is -1.96. The molecule has 0 saturated heterocycles. The number of pyridine rings is 1. The van der Waals surface area contributed by atoms with Crippen LogP contribution in [0.1, 0.15) is 0 Å². The molecular formula is C14H12N4. The van der Waals surface area contributed by atoms with Gasteiger partial charge in [-0.2, -0.15) is 0 Å². The normalized spacial score (nSPS) is 10.5. The van der Waals surface area contributed by atoms with Gasteiger partial charge in [-0.3, -0.25) is 4.98 Å². The third-order valence-corrected chi connectivity index (χ3v) is 2.78. The van der Waals surface area contributed by atoms with Gasteiger partial charge in [-0.1, -0.05) is 12.1 Å². The number of benzene rings is 1. The second kappa shape index (κ2) is 4.41. The molecule has 0 amide bonds. The molecule has 18 heavy (non-hydrogen) atoms. The second-order valence-corrected chi connectivity index (χ2v) is 3.93. The molecule has 0 unspecified atom stereocenters. The molecule has 3 aromatic rings. The summed E-state index contributed by atoms with van der Waals surface area (Å²) in [6, 6.07) is 12.0. The molecule has 3 rings (SSSR count). The molecule has 0 aliphatic rings. The Balaban J connectivity index is 2.13. The third-order valence-electron chi connectivity index (χ3n) is 2.78. The Bertz CT molecular complexity index is 694. The Morgan fingerprint density at radius 2 is 1.94 bits per heavy atom. The van der Waals surface area contributed by atoms with Crippen LogP contribution in [0.15, 0.2) is 48.8 Å². The van der Waals surface area contributed by atoms with E-state index in [9.17, 15) is 0 Å².